The monoisotopic (exact) mass is 450 g/mol. The number of carbonyl (C=O) groups is 1. The number of nitro groups is 1. The van der Waals surface area contributed by atoms with Crippen molar-refractivity contribution in [3.63, 3.8) is 0 Å². The van der Waals surface area contributed by atoms with Gasteiger partial charge in [-0.2, -0.15) is 5.26 Å². The van der Waals surface area contributed by atoms with E-state index in [9.17, 15) is 20.2 Å². The molecule has 0 aliphatic carbocycles. The molecule has 7 heteroatoms. The quantitative estimate of drug-likeness (QED) is 0.175. The first kappa shape index (κ1) is 22.5. The molecule has 34 heavy (non-hydrogen) atoms. The molecular formula is C27H22N4O3. The van der Waals surface area contributed by atoms with Gasteiger partial charge in [0.25, 0.3) is 11.6 Å². The first-order chi connectivity index (χ1) is 16.4. The fraction of sp³-hybridized carbons (Fsp3) is 0.111. The van der Waals surface area contributed by atoms with Gasteiger partial charge in [0.2, 0.25) is 0 Å². The van der Waals surface area contributed by atoms with Gasteiger partial charge in [-0.25, -0.2) is 0 Å². The lowest BCUT2D eigenvalue weighted by Crippen LogP contribution is -2.13. The Bertz CT molecular complexity index is 1460. The predicted octanol–water partition coefficient (Wildman–Crippen LogP) is 5.76. The minimum Gasteiger partial charge on any atom is -0.340 e. The topological polar surface area (TPSA) is 101 Å². The van der Waals surface area contributed by atoms with Crippen LogP contribution in [0.1, 0.15) is 22.4 Å². The summed E-state index contributed by atoms with van der Waals surface area (Å²) in [4.78, 5) is 23.3. The minimum absolute atomic E-state index is 0.00177. The molecule has 4 aromatic rings. The zero-order valence-corrected chi connectivity index (χ0v) is 18.8. The average Bonchev–Trinajstić information content (AvgIpc) is 3.10. The highest BCUT2D eigenvalue weighted by Crippen LogP contribution is 2.29. The zero-order valence-electron chi connectivity index (χ0n) is 18.8. The molecular weight excluding hydrogens is 428 g/mol. The van der Waals surface area contributed by atoms with Crippen molar-refractivity contribution in [3.05, 3.63) is 111 Å². The molecule has 0 bridgehead atoms. The number of aryl methyl sites for hydroxylation is 1. The number of hydrogen-bond acceptors (Lipinski definition) is 4. The van der Waals surface area contributed by atoms with Gasteiger partial charge in [-0.1, -0.05) is 48.0 Å². The van der Waals surface area contributed by atoms with Crippen LogP contribution >= 0.6 is 0 Å². The second-order valence-corrected chi connectivity index (χ2v) is 8.02. The third-order valence-corrected chi connectivity index (χ3v) is 5.73. The van der Waals surface area contributed by atoms with E-state index in [4.69, 9.17) is 0 Å². The Hall–Kier alpha value is -4.70. The first-order valence-corrected chi connectivity index (χ1v) is 10.7. The van der Waals surface area contributed by atoms with Crippen molar-refractivity contribution in [1.29, 1.82) is 5.26 Å². The van der Waals surface area contributed by atoms with Crippen LogP contribution in [0.3, 0.4) is 0 Å². The van der Waals surface area contributed by atoms with E-state index in [1.165, 1.54) is 12.1 Å². The summed E-state index contributed by atoms with van der Waals surface area (Å²) in [7, 11) is 0. The maximum atomic E-state index is 12.8. The number of nitriles is 1. The van der Waals surface area contributed by atoms with Gasteiger partial charge < -0.3 is 9.88 Å². The van der Waals surface area contributed by atoms with Crippen LogP contribution in [0.5, 0.6) is 0 Å². The van der Waals surface area contributed by atoms with Crippen molar-refractivity contribution in [2.45, 2.75) is 20.4 Å². The number of para-hydroxylation sites is 1. The molecule has 1 heterocycles. The molecule has 0 spiro atoms. The van der Waals surface area contributed by atoms with Crippen LogP contribution in [0.4, 0.5) is 11.4 Å². The van der Waals surface area contributed by atoms with E-state index in [0.29, 0.717) is 12.2 Å². The maximum absolute atomic E-state index is 12.8. The number of fused-ring (bicyclic) bond motifs is 1. The Morgan fingerprint density at radius 1 is 1.06 bits per heavy atom. The van der Waals surface area contributed by atoms with E-state index in [0.717, 1.165) is 33.3 Å². The molecule has 0 unspecified atom stereocenters. The zero-order chi connectivity index (χ0) is 24.2. The highest BCUT2D eigenvalue weighted by Gasteiger charge is 2.16. The van der Waals surface area contributed by atoms with E-state index in [2.05, 4.69) is 9.88 Å². The number of benzene rings is 3. The van der Waals surface area contributed by atoms with Gasteiger partial charge >= 0.3 is 0 Å². The number of aromatic nitrogens is 1. The van der Waals surface area contributed by atoms with E-state index < -0.39 is 10.8 Å². The number of nitrogens with zero attached hydrogens (tertiary/aromatic N) is 3. The van der Waals surface area contributed by atoms with Gasteiger partial charge in [0.05, 0.1) is 4.92 Å². The highest BCUT2D eigenvalue weighted by molar-refractivity contribution is 6.11. The number of amides is 1. The molecule has 0 atom stereocenters. The molecule has 4 rings (SSSR count). The van der Waals surface area contributed by atoms with Gasteiger partial charge in [-0.15, -0.1) is 0 Å². The fourth-order valence-electron chi connectivity index (χ4n) is 3.88. The molecule has 0 aliphatic rings. The van der Waals surface area contributed by atoms with Crippen molar-refractivity contribution < 1.29 is 9.72 Å². The molecule has 168 valence electrons. The van der Waals surface area contributed by atoms with Crippen LogP contribution in [0.2, 0.25) is 0 Å². The molecule has 3 aromatic carbocycles. The highest BCUT2D eigenvalue weighted by atomic mass is 16.6. The van der Waals surface area contributed by atoms with Crippen LogP contribution in [0, 0.1) is 35.3 Å². The molecule has 0 saturated carbocycles. The van der Waals surface area contributed by atoms with E-state index in [1.807, 2.05) is 56.3 Å². The number of nitro benzene ring substituents is 1. The summed E-state index contributed by atoms with van der Waals surface area (Å²) in [5.74, 6) is -0.474. The van der Waals surface area contributed by atoms with E-state index in [-0.39, 0.29) is 11.3 Å². The number of carbonyl (C=O) groups excluding carboxylic acids is 1. The Kier molecular flexibility index (Phi) is 6.24. The summed E-state index contributed by atoms with van der Waals surface area (Å²) >= 11 is 0. The average molecular weight is 450 g/mol. The molecule has 1 N–H and O–H groups in total. The molecule has 0 aliphatic heterocycles. The van der Waals surface area contributed by atoms with Crippen molar-refractivity contribution in [1.82, 2.24) is 4.57 Å². The number of rotatable bonds is 6. The van der Waals surface area contributed by atoms with Gasteiger partial charge in [-0.05, 0) is 43.7 Å². The summed E-state index contributed by atoms with van der Waals surface area (Å²) in [5, 5.41) is 24.4. The molecule has 7 nitrogen and oxygen atoms in total. The summed E-state index contributed by atoms with van der Waals surface area (Å²) in [6.45, 7) is 4.39. The second-order valence-electron chi connectivity index (χ2n) is 8.02. The molecule has 0 fully saturated rings. The van der Waals surface area contributed by atoms with Crippen LogP contribution in [0.15, 0.2) is 78.4 Å². The Balaban J connectivity index is 1.71. The fourth-order valence-corrected chi connectivity index (χ4v) is 3.88. The number of anilines is 1. The Morgan fingerprint density at radius 3 is 2.38 bits per heavy atom. The third-order valence-electron chi connectivity index (χ3n) is 5.73. The number of non-ortho nitro benzene ring substituents is 1. The van der Waals surface area contributed by atoms with Crippen LogP contribution in [0.25, 0.3) is 17.0 Å². The van der Waals surface area contributed by atoms with Crippen molar-refractivity contribution in [2.75, 3.05) is 5.32 Å². The van der Waals surface area contributed by atoms with Crippen LogP contribution in [-0.2, 0) is 11.3 Å². The minimum atomic E-state index is -0.474. The standard InChI is InChI=1S/C27H22N4O3/c1-18-7-11-22(12-8-18)29-27(32)21(16-28)15-25-19(2)30(26-6-4-3-5-24(25)26)17-20-9-13-23(14-10-20)31(33)34/h3-15H,17H2,1-2H3,(H,29,32)/b21-15+. The molecule has 1 aromatic heterocycles. The van der Waals surface area contributed by atoms with Crippen molar-refractivity contribution in [2.24, 2.45) is 0 Å². The van der Waals surface area contributed by atoms with E-state index in [1.54, 1.807) is 30.3 Å². The smallest absolute Gasteiger partial charge is 0.269 e. The molecule has 0 radical (unpaired) electrons. The lowest BCUT2D eigenvalue weighted by atomic mass is 10.1. The van der Waals surface area contributed by atoms with Crippen LogP contribution in [-0.4, -0.2) is 15.4 Å². The van der Waals surface area contributed by atoms with Gasteiger partial charge in [0.15, 0.2) is 0 Å². The maximum Gasteiger partial charge on any atom is 0.269 e. The molecule has 0 saturated heterocycles. The molecule has 1 amide bonds. The SMILES string of the molecule is Cc1ccc(NC(=O)/C(C#N)=C/c2c(C)n(Cc3ccc([N+](=O)[O-])cc3)c3ccccc23)cc1. The van der Waals surface area contributed by atoms with Crippen LogP contribution < -0.4 is 5.32 Å². The van der Waals surface area contributed by atoms with Gasteiger partial charge in [-0.3, -0.25) is 14.9 Å². The third kappa shape index (κ3) is 4.57. The predicted molar refractivity (Wildman–Crippen MR) is 132 cm³/mol. The van der Waals surface area contributed by atoms with Crippen molar-refractivity contribution >= 4 is 34.3 Å². The van der Waals surface area contributed by atoms with Gasteiger partial charge in [0, 0.05) is 46.5 Å². The Labute approximate surface area is 196 Å². The Morgan fingerprint density at radius 2 is 1.74 bits per heavy atom. The first-order valence-electron chi connectivity index (χ1n) is 10.7. The summed E-state index contributed by atoms with van der Waals surface area (Å²) in [6.07, 6.45) is 1.62. The van der Waals surface area contributed by atoms with Crippen molar-refractivity contribution in [3.8, 4) is 6.07 Å². The van der Waals surface area contributed by atoms with Gasteiger partial charge in [0.1, 0.15) is 11.6 Å². The normalized spacial score (nSPS) is 11.3. The summed E-state index contributed by atoms with van der Waals surface area (Å²) in [5.41, 5.74) is 5.26. The largest absolute Gasteiger partial charge is 0.340 e. The summed E-state index contributed by atoms with van der Waals surface area (Å²) in [6, 6.07) is 23.6. The lowest BCUT2D eigenvalue weighted by molar-refractivity contribution is -0.384. The lowest BCUT2D eigenvalue weighted by Gasteiger charge is -2.09. The number of nitrogens with one attached hydrogen (secondary N) is 1. The second kappa shape index (κ2) is 9.43. The summed E-state index contributed by atoms with van der Waals surface area (Å²) < 4.78 is 2.08. The number of hydrogen-bond donors (Lipinski definition) is 1. The van der Waals surface area contributed by atoms with E-state index >= 15 is 0 Å².